The minimum Gasteiger partial charge on any atom is -0.497 e. The van der Waals surface area contributed by atoms with E-state index in [1.54, 1.807) is 13.2 Å². The molecule has 7 nitrogen and oxygen atoms in total. The number of ether oxygens (including phenoxy) is 1. The Balaban J connectivity index is 1.25. The fraction of sp³-hybridized carbons (Fsp3) is 0.568. The number of halogens is 1. The van der Waals surface area contributed by atoms with E-state index in [2.05, 4.69) is 53.5 Å². The zero-order chi connectivity index (χ0) is 32.1. The summed E-state index contributed by atoms with van der Waals surface area (Å²) in [6, 6.07) is 17.2. The van der Waals surface area contributed by atoms with Crippen molar-refractivity contribution >= 4 is 5.97 Å². The highest BCUT2D eigenvalue weighted by atomic mass is 19.1. The zero-order valence-electron chi connectivity index (χ0n) is 27.7. The second kappa shape index (κ2) is 14.9. The van der Waals surface area contributed by atoms with Crippen LogP contribution in [0.3, 0.4) is 0 Å². The number of likely N-dealkylation sites (N-methyl/N-ethyl adjacent to an activating group) is 1. The summed E-state index contributed by atoms with van der Waals surface area (Å²) in [6.07, 6.45) is 5.39. The Morgan fingerprint density at radius 3 is 2.47 bits per heavy atom. The number of rotatable bonds is 13. The Kier molecular flexibility index (Phi) is 11.0. The van der Waals surface area contributed by atoms with Gasteiger partial charge in [-0.3, -0.25) is 14.4 Å². The van der Waals surface area contributed by atoms with Crippen LogP contribution in [0.2, 0.25) is 0 Å². The third-order valence-electron chi connectivity index (χ3n) is 10.2. The molecule has 3 aromatic rings. The largest absolute Gasteiger partial charge is 0.497 e. The van der Waals surface area contributed by atoms with Gasteiger partial charge in [-0.1, -0.05) is 38.1 Å². The molecule has 45 heavy (non-hydrogen) atoms. The molecule has 0 radical (unpaired) electrons. The first-order chi connectivity index (χ1) is 21.6. The second-order valence-corrected chi connectivity index (χ2v) is 13.7. The fourth-order valence-electron chi connectivity index (χ4n) is 7.77. The number of carboxylic acid groups (broad SMARTS) is 1. The maximum absolute atomic E-state index is 14.3. The number of hydrogen-bond acceptors (Lipinski definition) is 5. The lowest BCUT2D eigenvalue weighted by Gasteiger charge is -2.35. The maximum Gasteiger partial charge on any atom is 0.320 e. The molecular formula is C37H51FN4O3. The summed E-state index contributed by atoms with van der Waals surface area (Å²) in [5, 5.41) is 15.0. The van der Waals surface area contributed by atoms with Crippen molar-refractivity contribution in [2.24, 2.45) is 11.8 Å². The number of methoxy groups -OCH3 is 1. The summed E-state index contributed by atoms with van der Waals surface area (Å²) in [5.41, 5.74) is 4.71. The zero-order valence-corrected chi connectivity index (χ0v) is 27.7. The monoisotopic (exact) mass is 618 g/mol. The molecule has 0 amide bonds. The van der Waals surface area contributed by atoms with Gasteiger partial charge >= 0.3 is 5.97 Å². The molecule has 244 valence electrons. The standard InChI is InChI=1S/C37H51FN4O3/c1-6-42-35(22-31(39-42)19-26-10-12-33(45-5)13-11-26)27-14-16-41(17-15-27)24-29-21-32(40(4)36(37(43)44)18-25(2)3)23-34(29)28-8-7-9-30(38)20-28/h7-13,20,22,25,27,29,32,34,36H,6,14-19,21,23-24H2,1-5H3,(H,43,44)/t29?,32?,34?,36-/m1/s1. The summed E-state index contributed by atoms with van der Waals surface area (Å²) >= 11 is 0. The van der Waals surface area contributed by atoms with Crippen LogP contribution in [0.4, 0.5) is 4.39 Å². The molecule has 2 aliphatic rings. The molecule has 1 N–H and O–H groups in total. The van der Waals surface area contributed by atoms with Gasteiger partial charge in [0, 0.05) is 37.2 Å². The van der Waals surface area contributed by atoms with E-state index in [1.165, 1.54) is 17.3 Å². The quantitative estimate of drug-likeness (QED) is 0.227. The molecule has 5 rings (SSSR count). The number of likely N-dealkylation sites (tertiary alicyclic amines) is 1. The van der Waals surface area contributed by atoms with Crippen molar-refractivity contribution in [3.05, 3.63) is 82.9 Å². The van der Waals surface area contributed by atoms with E-state index in [0.29, 0.717) is 24.2 Å². The lowest BCUT2D eigenvalue weighted by Crippen LogP contribution is -2.45. The van der Waals surface area contributed by atoms with Gasteiger partial charge in [-0.15, -0.1) is 0 Å². The van der Waals surface area contributed by atoms with Crippen LogP contribution in [0.15, 0.2) is 54.6 Å². The van der Waals surface area contributed by atoms with Gasteiger partial charge in [0.15, 0.2) is 0 Å². The number of carbonyl (C=O) groups is 1. The van der Waals surface area contributed by atoms with Gasteiger partial charge in [0.25, 0.3) is 0 Å². The fourth-order valence-corrected chi connectivity index (χ4v) is 7.77. The lowest BCUT2D eigenvalue weighted by molar-refractivity contribution is -0.144. The number of aromatic nitrogens is 2. The van der Waals surface area contributed by atoms with Crippen molar-refractivity contribution < 1.29 is 19.0 Å². The molecule has 1 saturated heterocycles. The average molecular weight is 619 g/mol. The number of aliphatic carboxylic acids is 1. The van der Waals surface area contributed by atoms with E-state index in [4.69, 9.17) is 9.84 Å². The van der Waals surface area contributed by atoms with Gasteiger partial charge in [0.05, 0.1) is 12.8 Å². The topological polar surface area (TPSA) is 70.8 Å². The highest BCUT2D eigenvalue weighted by molar-refractivity contribution is 5.73. The highest BCUT2D eigenvalue weighted by Crippen LogP contribution is 2.43. The summed E-state index contributed by atoms with van der Waals surface area (Å²) < 4.78 is 21.8. The van der Waals surface area contributed by atoms with Crippen LogP contribution >= 0.6 is 0 Å². The van der Waals surface area contributed by atoms with Crippen LogP contribution in [0.1, 0.15) is 87.2 Å². The Morgan fingerprint density at radius 2 is 1.84 bits per heavy atom. The average Bonchev–Trinajstić information content (AvgIpc) is 3.64. The van der Waals surface area contributed by atoms with Crippen molar-refractivity contribution in [2.75, 3.05) is 33.8 Å². The number of aryl methyl sites for hydroxylation is 1. The Hall–Kier alpha value is -3.23. The molecule has 2 fully saturated rings. The molecule has 4 atom stereocenters. The van der Waals surface area contributed by atoms with Crippen LogP contribution in [0.5, 0.6) is 5.75 Å². The molecule has 2 heterocycles. The molecule has 2 aromatic carbocycles. The smallest absolute Gasteiger partial charge is 0.320 e. The molecule has 0 bridgehead atoms. The molecule has 3 unspecified atom stereocenters. The third-order valence-corrected chi connectivity index (χ3v) is 10.2. The summed E-state index contributed by atoms with van der Waals surface area (Å²) in [6.45, 7) is 10.2. The second-order valence-electron chi connectivity index (χ2n) is 13.7. The number of hydrogen-bond donors (Lipinski definition) is 1. The Labute approximate surface area is 268 Å². The predicted octanol–water partition coefficient (Wildman–Crippen LogP) is 6.81. The van der Waals surface area contributed by atoms with Gasteiger partial charge < -0.3 is 14.7 Å². The SMILES string of the molecule is CCn1nc(Cc2ccc(OC)cc2)cc1C1CCN(CC2CC(N(C)[C@H](CC(C)C)C(=O)O)CC2c2cccc(F)c2)CC1. The predicted molar refractivity (Wildman–Crippen MR) is 176 cm³/mol. The number of piperidine rings is 1. The molecule has 0 spiro atoms. The summed E-state index contributed by atoms with van der Waals surface area (Å²) in [5.74, 6) is 1.25. The van der Waals surface area contributed by atoms with Crippen LogP contribution in [-0.4, -0.2) is 76.5 Å². The van der Waals surface area contributed by atoms with E-state index in [9.17, 15) is 14.3 Å². The van der Waals surface area contributed by atoms with E-state index in [0.717, 1.165) is 75.3 Å². The van der Waals surface area contributed by atoms with Crippen LogP contribution < -0.4 is 4.74 Å². The number of nitrogens with zero attached hydrogens (tertiary/aromatic N) is 4. The third kappa shape index (κ3) is 8.14. The minimum atomic E-state index is -0.752. The molecule has 1 aliphatic carbocycles. The van der Waals surface area contributed by atoms with Crippen molar-refractivity contribution in [1.29, 1.82) is 0 Å². The van der Waals surface area contributed by atoms with E-state index < -0.39 is 12.0 Å². The summed E-state index contributed by atoms with van der Waals surface area (Å²) in [7, 11) is 3.66. The highest BCUT2D eigenvalue weighted by Gasteiger charge is 2.41. The maximum atomic E-state index is 14.3. The molecular weight excluding hydrogens is 567 g/mol. The lowest BCUT2D eigenvalue weighted by atomic mass is 9.87. The molecule has 1 aromatic heterocycles. The normalized spacial score (nSPS) is 21.9. The molecule has 1 aliphatic heterocycles. The van der Waals surface area contributed by atoms with Crippen LogP contribution in [0.25, 0.3) is 0 Å². The van der Waals surface area contributed by atoms with Crippen LogP contribution in [0, 0.1) is 17.7 Å². The first kappa shape index (κ1) is 33.1. The van der Waals surface area contributed by atoms with Crippen molar-refractivity contribution in [3.8, 4) is 5.75 Å². The Morgan fingerprint density at radius 1 is 1.11 bits per heavy atom. The first-order valence-electron chi connectivity index (χ1n) is 16.8. The van der Waals surface area contributed by atoms with Gasteiger partial charge in [-0.05, 0) is 118 Å². The molecule has 1 saturated carbocycles. The van der Waals surface area contributed by atoms with Gasteiger partial charge in [-0.2, -0.15) is 5.10 Å². The van der Waals surface area contributed by atoms with Gasteiger partial charge in [-0.25, -0.2) is 4.39 Å². The number of benzene rings is 2. The van der Waals surface area contributed by atoms with Crippen molar-refractivity contribution in [1.82, 2.24) is 19.6 Å². The van der Waals surface area contributed by atoms with Crippen molar-refractivity contribution in [3.63, 3.8) is 0 Å². The van der Waals surface area contributed by atoms with E-state index in [1.807, 2.05) is 31.3 Å². The van der Waals surface area contributed by atoms with Gasteiger partial charge in [0.2, 0.25) is 0 Å². The Bertz CT molecular complexity index is 1400. The summed E-state index contributed by atoms with van der Waals surface area (Å²) in [4.78, 5) is 16.9. The van der Waals surface area contributed by atoms with E-state index in [-0.39, 0.29) is 17.8 Å². The van der Waals surface area contributed by atoms with Crippen LogP contribution in [-0.2, 0) is 17.8 Å². The minimum absolute atomic E-state index is 0.156. The van der Waals surface area contributed by atoms with E-state index >= 15 is 0 Å². The van der Waals surface area contributed by atoms with Crippen molar-refractivity contribution in [2.45, 2.75) is 89.8 Å². The molecule has 8 heteroatoms. The first-order valence-corrected chi connectivity index (χ1v) is 16.8. The van der Waals surface area contributed by atoms with Gasteiger partial charge in [0.1, 0.15) is 17.6 Å². The number of carboxylic acids is 1.